The Kier molecular flexibility index (Phi) is 9.14. The van der Waals surface area contributed by atoms with E-state index in [4.69, 9.17) is 18.8 Å². The SMILES string of the molecule is CC1(C)OB(c2cc(Oc3cccnc3)ccc2C=O)OC1(C)C.O=Cc1ccc(Oc2cccnc2)cc1Br. The van der Waals surface area contributed by atoms with Crippen molar-refractivity contribution in [3.05, 3.63) is 101 Å². The Hall–Kier alpha value is -3.86. The van der Waals surface area contributed by atoms with E-state index < -0.39 is 18.3 Å². The fourth-order valence-corrected chi connectivity index (χ4v) is 4.10. The quantitative estimate of drug-likeness (QED) is 0.176. The zero-order valence-corrected chi connectivity index (χ0v) is 24.1. The molecule has 1 saturated heterocycles. The molecule has 0 saturated carbocycles. The monoisotopic (exact) mass is 602 g/mol. The van der Waals surface area contributed by atoms with Gasteiger partial charge in [-0.2, -0.15) is 0 Å². The van der Waals surface area contributed by atoms with Gasteiger partial charge in [-0.25, -0.2) is 0 Å². The molecule has 10 heteroatoms. The third-order valence-electron chi connectivity index (χ3n) is 6.53. The first kappa shape index (κ1) is 29.1. The molecule has 0 spiro atoms. The number of pyridine rings is 2. The Morgan fingerprint density at radius 1 is 0.725 bits per heavy atom. The molecule has 0 N–H and O–H groups in total. The van der Waals surface area contributed by atoms with Crippen molar-refractivity contribution in [2.45, 2.75) is 38.9 Å². The maximum absolute atomic E-state index is 11.4. The molecule has 5 rings (SSSR count). The molecule has 0 atom stereocenters. The Balaban J connectivity index is 0.000000201. The van der Waals surface area contributed by atoms with Crippen molar-refractivity contribution in [3.63, 3.8) is 0 Å². The average molecular weight is 603 g/mol. The van der Waals surface area contributed by atoms with Gasteiger partial charge in [0.05, 0.1) is 23.6 Å². The van der Waals surface area contributed by atoms with Crippen LogP contribution in [0.4, 0.5) is 0 Å². The Morgan fingerprint density at radius 3 is 1.68 bits per heavy atom. The highest BCUT2D eigenvalue weighted by Crippen LogP contribution is 2.37. The van der Waals surface area contributed by atoms with Crippen molar-refractivity contribution in [3.8, 4) is 23.0 Å². The highest BCUT2D eigenvalue weighted by Gasteiger charge is 2.52. The summed E-state index contributed by atoms with van der Waals surface area (Å²) >= 11 is 3.29. The molecular formula is C30H28BBrN2O6. The highest BCUT2D eigenvalue weighted by atomic mass is 79.9. The molecular weight excluding hydrogens is 575 g/mol. The van der Waals surface area contributed by atoms with Crippen LogP contribution in [0.2, 0.25) is 0 Å². The number of hydrogen-bond donors (Lipinski definition) is 0. The van der Waals surface area contributed by atoms with Gasteiger partial charge in [0.15, 0.2) is 6.29 Å². The second-order valence-electron chi connectivity index (χ2n) is 9.88. The van der Waals surface area contributed by atoms with Crippen LogP contribution in [0, 0.1) is 0 Å². The smallest absolute Gasteiger partial charge is 0.456 e. The molecule has 40 heavy (non-hydrogen) atoms. The van der Waals surface area contributed by atoms with Crippen molar-refractivity contribution >= 4 is 41.1 Å². The Bertz CT molecular complexity index is 1450. The summed E-state index contributed by atoms with van der Waals surface area (Å²) in [5.74, 6) is 2.54. The summed E-state index contributed by atoms with van der Waals surface area (Å²) in [5, 5.41) is 0. The number of hydrogen-bond acceptors (Lipinski definition) is 8. The van der Waals surface area contributed by atoms with Gasteiger partial charge in [0.1, 0.15) is 29.3 Å². The summed E-state index contributed by atoms with van der Waals surface area (Å²) in [5.41, 5.74) is 0.825. The van der Waals surface area contributed by atoms with Crippen LogP contribution in [0.5, 0.6) is 23.0 Å². The zero-order chi connectivity index (χ0) is 28.8. The molecule has 204 valence electrons. The molecule has 1 aliphatic heterocycles. The molecule has 3 heterocycles. The minimum Gasteiger partial charge on any atom is -0.456 e. The molecule has 0 unspecified atom stereocenters. The lowest BCUT2D eigenvalue weighted by molar-refractivity contribution is 0.00578. The molecule has 1 aliphatic rings. The Labute approximate surface area is 241 Å². The van der Waals surface area contributed by atoms with Gasteiger partial charge in [-0.15, -0.1) is 0 Å². The van der Waals surface area contributed by atoms with E-state index in [-0.39, 0.29) is 0 Å². The van der Waals surface area contributed by atoms with E-state index in [1.807, 2.05) is 39.8 Å². The normalized spacial score (nSPS) is 15.0. The fraction of sp³-hybridized carbons (Fsp3) is 0.200. The molecule has 0 amide bonds. The van der Waals surface area contributed by atoms with Crippen LogP contribution in [0.25, 0.3) is 0 Å². The number of carbonyl (C=O) groups excluding carboxylic acids is 2. The fourth-order valence-electron chi connectivity index (χ4n) is 3.65. The predicted molar refractivity (Wildman–Crippen MR) is 156 cm³/mol. The summed E-state index contributed by atoms with van der Waals surface area (Å²) in [6, 6.07) is 17.6. The standard InChI is InChI=1S/C18H20BNO4.C12H8BrNO2/c1-17(2)18(3,4)24-19(23-17)16-10-14(8-7-13(16)12-21)22-15-6-5-9-20-11-15;13-12-6-10(4-3-9(12)8-15)16-11-2-1-5-14-7-11/h5-12H,1-4H3;1-8H. The number of aldehydes is 2. The summed E-state index contributed by atoms with van der Waals surface area (Å²) in [6.45, 7) is 7.90. The van der Waals surface area contributed by atoms with Crippen molar-refractivity contribution in [2.75, 3.05) is 0 Å². The second-order valence-corrected chi connectivity index (χ2v) is 10.7. The first-order valence-corrected chi connectivity index (χ1v) is 13.3. The lowest BCUT2D eigenvalue weighted by Gasteiger charge is -2.32. The number of carbonyl (C=O) groups is 2. The lowest BCUT2D eigenvalue weighted by atomic mass is 9.76. The average Bonchev–Trinajstić information content (AvgIpc) is 3.16. The van der Waals surface area contributed by atoms with E-state index in [1.54, 1.807) is 73.3 Å². The van der Waals surface area contributed by atoms with E-state index >= 15 is 0 Å². The van der Waals surface area contributed by atoms with Crippen LogP contribution >= 0.6 is 15.9 Å². The van der Waals surface area contributed by atoms with Gasteiger partial charge in [0, 0.05) is 28.0 Å². The number of halogens is 1. The van der Waals surface area contributed by atoms with Crippen LogP contribution in [0.1, 0.15) is 48.4 Å². The van der Waals surface area contributed by atoms with Crippen molar-refractivity contribution < 1.29 is 28.4 Å². The highest BCUT2D eigenvalue weighted by molar-refractivity contribution is 9.10. The van der Waals surface area contributed by atoms with Gasteiger partial charge >= 0.3 is 7.12 Å². The first-order valence-electron chi connectivity index (χ1n) is 12.5. The van der Waals surface area contributed by atoms with Crippen molar-refractivity contribution in [2.24, 2.45) is 0 Å². The number of nitrogens with zero attached hydrogens (tertiary/aromatic N) is 2. The minimum atomic E-state index is -0.618. The molecule has 8 nitrogen and oxygen atoms in total. The minimum absolute atomic E-state index is 0.474. The van der Waals surface area contributed by atoms with E-state index in [2.05, 4.69) is 25.9 Å². The number of aromatic nitrogens is 2. The van der Waals surface area contributed by atoms with Crippen LogP contribution in [-0.2, 0) is 9.31 Å². The lowest BCUT2D eigenvalue weighted by Crippen LogP contribution is -2.41. The molecule has 2 aromatic heterocycles. The molecule has 1 fully saturated rings. The van der Waals surface area contributed by atoms with E-state index in [1.165, 1.54) is 0 Å². The van der Waals surface area contributed by atoms with Crippen LogP contribution in [0.3, 0.4) is 0 Å². The largest absolute Gasteiger partial charge is 0.495 e. The summed E-state index contributed by atoms with van der Waals surface area (Å²) in [7, 11) is -0.618. The number of ether oxygens (including phenoxy) is 2. The molecule has 2 aromatic carbocycles. The molecule has 0 aliphatic carbocycles. The molecule has 0 bridgehead atoms. The van der Waals surface area contributed by atoms with Gasteiger partial charge in [-0.05, 0) is 110 Å². The van der Waals surface area contributed by atoms with E-state index in [9.17, 15) is 9.59 Å². The maximum atomic E-state index is 11.4. The third-order valence-corrected chi connectivity index (χ3v) is 7.22. The summed E-state index contributed by atoms with van der Waals surface area (Å²) in [4.78, 5) is 30.0. The predicted octanol–water partition coefficient (Wildman–Crippen LogP) is 6.43. The Morgan fingerprint density at radius 2 is 1.23 bits per heavy atom. The van der Waals surface area contributed by atoms with Crippen molar-refractivity contribution in [1.82, 2.24) is 9.97 Å². The van der Waals surface area contributed by atoms with Crippen LogP contribution < -0.4 is 14.9 Å². The maximum Gasteiger partial charge on any atom is 0.495 e. The third kappa shape index (κ3) is 7.01. The van der Waals surface area contributed by atoms with Gasteiger partial charge in [0.2, 0.25) is 0 Å². The molecule has 4 aromatic rings. The van der Waals surface area contributed by atoms with Gasteiger partial charge < -0.3 is 18.8 Å². The topological polar surface area (TPSA) is 96.8 Å². The van der Waals surface area contributed by atoms with E-state index in [0.29, 0.717) is 44.1 Å². The van der Waals surface area contributed by atoms with Gasteiger partial charge in [-0.3, -0.25) is 19.6 Å². The second kappa shape index (κ2) is 12.5. The van der Waals surface area contributed by atoms with Gasteiger partial charge in [0.25, 0.3) is 0 Å². The van der Waals surface area contributed by atoms with Gasteiger partial charge in [-0.1, -0.05) is 0 Å². The van der Waals surface area contributed by atoms with Crippen LogP contribution in [0.15, 0.2) is 89.9 Å². The number of benzene rings is 2. The summed E-state index contributed by atoms with van der Waals surface area (Å²) in [6.07, 6.45) is 8.20. The van der Waals surface area contributed by atoms with Crippen molar-refractivity contribution in [1.29, 1.82) is 0 Å². The summed E-state index contributed by atoms with van der Waals surface area (Å²) < 4.78 is 24.2. The number of rotatable bonds is 7. The van der Waals surface area contributed by atoms with E-state index in [0.717, 1.165) is 12.6 Å². The first-order chi connectivity index (χ1) is 19.1. The molecule has 0 radical (unpaired) electrons. The zero-order valence-electron chi connectivity index (χ0n) is 22.5. The van der Waals surface area contributed by atoms with Crippen LogP contribution in [-0.4, -0.2) is 40.9 Å².